The molecule has 6 aromatic rings. The van der Waals surface area contributed by atoms with E-state index in [2.05, 4.69) is 65.8 Å². The van der Waals surface area contributed by atoms with E-state index >= 15 is 0 Å². The Morgan fingerprint density at radius 1 is 0.810 bits per heavy atom. The highest BCUT2D eigenvalue weighted by Crippen LogP contribution is 2.41. The van der Waals surface area contributed by atoms with Crippen LogP contribution in [0.3, 0.4) is 0 Å². The number of aryl methyl sites for hydroxylation is 2. The molecule has 0 radical (unpaired) electrons. The Balaban J connectivity index is 1.69. The molecular weight excluding hydrogens is 563 g/mol. The van der Waals surface area contributed by atoms with Gasteiger partial charge in [-0.1, -0.05) is 83.9 Å². The highest BCUT2D eigenvalue weighted by molar-refractivity contribution is 6.31. The third-order valence-electron chi connectivity index (χ3n) is 8.03. The number of imidazole rings is 1. The zero-order valence-corrected chi connectivity index (χ0v) is 25.1. The summed E-state index contributed by atoms with van der Waals surface area (Å²) in [5.74, 6) is 0. The molecule has 1 N–H and O–H groups in total. The predicted molar refractivity (Wildman–Crippen MR) is 172 cm³/mol. The minimum absolute atomic E-state index is 0.0417. The van der Waals surface area contributed by atoms with Gasteiger partial charge in [0.05, 0.1) is 23.7 Å². The van der Waals surface area contributed by atoms with Gasteiger partial charge < -0.3 is 9.13 Å². The maximum Gasteiger partial charge on any atom is 0.251 e. The quantitative estimate of drug-likeness (QED) is 0.205. The molecule has 5 nitrogen and oxygen atoms in total. The van der Waals surface area contributed by atoms with Gasteiger partial charge in [0, 0.05) is 41.6 Å². The van der Waals surface area contributed by atoms with Crippen LogP contribution < -0.4 is 10.9 Å². The van der Waals surface area contributed by atoms with E-state index in [1.54, 1.807) is 17.7 Å². The van der Waals surface area contributed by atoms with Crippen molar-refractivity contribution in [3.63, 3.8) is 0 Å². The van der Waals surface area contributed by atoms with E-state index in [1.807, 2.05) is 72.7 Å². The van der Waals surface area contributed by atoms with Crippen molar-refractivity contribution in [1.29, 1.82) is 0 Å². The lowest BCUT2D eigenvalue weighted by Gasteiger charge is -2.39. The molecule has 0 aliphatic rings. The van der Waals surface area contributed by atoms with Crippen LogP contribution in [0.5, 0.6) is 0 Å². The van der Waals surface area contributed by atoms with Crippen molar-refractivity contribution >= 4 is 34.1 Å². The third-order valence-corrected chi connectivity index (χ3v) is 8.51. The molecule has 0 aliphatic heterocycles. The molecule has 0 bridgehead atoms. The molecule has 0 unspecified atom stereocenters. The number of fused-ring (bicyclic) bond motifs is 1. The Kier molecular flexibility index (Phi) is 7.50. The zero-order chi connectivity index (χ0) is 29.4. The second-order valence-corrected chi connectivity index (χ2v) is 11.5. The molecule has 2 atom stereocenters. The first kappa shape index (κ1) is 28.0. The molecule has 0 aliphatic carbocycles. The van der Waals surface area contributed by atoms with Crippen LogP contribution in [-0.4, -0.2) is 14.1 Å². The first-order valence-corrected chi connectivity index (χ1v) is 14.5. The van der Waals surface area contributed by atoms with Gasteiger partial charge in [0.25, 0.3) is 5.56 Å². The van der Waals surface area contributed by atoms with Crippen molar-refractivity contribution in [2.75, 3.05) is 0 Å². The summed E-state index contributed by atoms with van der Waals surface area (Å²) >= 11 is 12.8. The molecule has 6 rings (SSSR count). The monoisotopic (exact) mass is 592 g/mol. The van der Waals surface area contributed by atoms with Crippen molar-refractivity contribution in [3.8, 4) is 11.1 Å². The predicted octanol–water partition coefficient (Wildman–Crippen LogP) is 7.89. The zero-order valence-electron chi connectivity index (χ0n) is 23.6. The van der Waals surface area contributed by atoms with E-state index in [1.165, 1.54) is 0 Å². The molecule has 0 amide bonds. The molecule has 0 fully saturated rings. The Bertz CT molecular complexity index is 1950. The fourth-order valence-corrected chi connectivity index (χ4v) is 6.18. The standard InChI is InChI=1S/C35H30Cl2N4O/c1-23(24-8-5-4-6-9-24)39-35(33-21-38-22-40(33)2,26-12-15-28(36)16-13-26)27-14-17-32-31(19-27)30(20-34(42)41(32)3)25-10-7-11-29(37)18-25/h4-23,39H,1-3H3/t23-,35+/m1/s1. The summed E-state index contributed by atoms with van der Waals surface area (Å²) < 4.78 is 3.73. The summed E-state index contributed by atoms with van der Waals surface area (Å²) in [5.41, 5.74) is 5.72. The van der Waals surface area contributed by atoms with Gasteiger partial charge in [-0.25, -0.2) is 4.98 Å². The first-order chi connectivity index (χ1) is 20.3. The minimum atomic E-state index is -0.834. The van der Waals surface area contributed by atoms with Crippen LogP contribution >= 0.6 is 23.2 Å². The van der Waals surface area contributed by atoms with Gasteiger partial charge in [0.2, 0.25) is 0 Å². The Labute approximate surface area is 255 Å². The van der Waals surface area contributed by atoms with Crippen molar-refractivity contribution < 1.29 is 0 Å². The number of hydrogen-bond acceptors (Lipinski definition) is 3. The molecule has 0 saturated carbocycles. The largest absolute Gasteiger partial charge is 0.335 e. The summed E-state index contributed by atoms with van der Waals surface area (Å²) in [6.07, 6.45) is 3.72. The maximum atomic E-state index is 13.1. The molecule has 0 saturated heterocycles. The van der Waals surface area contributed by atoms with Crippen LogP contribution in [0, 0.1) is 0 Å². The highest BCUT2D eigenvalue weighted by atomic mass is 35.5. The van der Waals surface area contributed by atoms with Crippen LogP contribution in [-0.2, 0) is 19.6 Å². The van der Waals surface area contributed by atoms with Crippen LogP contribution in [0.2, 0.25) is 10.0 Å². The summed E-state index contributed by atoms with van der Waals surface area (Å²) in [5, 5.41) is 6.21. The van der Waals surface area contributed by atoms with E-state index in [-0.39, 0.29) is 11.6 Å². The Morgan fingerprint density at radius 2 is 1.55 bits per heavy atom. The maximum absolute atomic E-state index is 13.1. The number of aromatic nitrogens is 3. The number of hydrogen-bond donors (Lipinski definition) is 1. The van der Waals surface area contributed by atoms with Gasteiger partial charge in [-0.15, -0.1) is 0 Å². The second-order valence-electron chi connectivity index (χ2n) is 10.6. The van der Waals surface area contributed by atoms with E-state index < -0.39 is 5.54 Å². The average Bonchev–Trinajstić information content (AvgIpc) is 3.44. The third kappa shape index (κ3) is 4.94. The van der Waals surface area contributed by atoms with Gasteiger partial charge in [-0.05, 0) is 71.1 Å². The summed E-state index contributed by atoms with van der Waals surface area (Å²) in [6, 6.07) is 33.9. The normalized spacial score (nSPS) is 13.6. The molecule has 210 valence electrons. The van der Waals surface area contributed by atoms with Gasteiger partial charge in [0.15, 0.2) is 0 Å². The van der Waals surface area contributed by atoms with E-state index in [0.29, 0.717) is 10.0 Å². The number of rotatable bonds is 7. The number of halogens is 2. The molecule has 2 heterocycles. The van der Waals surface area contributed by atoms with Crippen molar-refractivity contribution in [2.45, 2.75) is 18.5 Å². The number of nitrogens with one attached hydrogen (secondary N) is 1. The van der Waals surface area contributed by atoms with Crippen molar-refractivity contribution in [3.05, 3.63) is 158 Å². The smallest absolute Gasteiger partial charge is 0.251 e. The first-order valence-electron chi connectivity index (χ1n) is 13.7. The number of benzene rings is 4. The van der Waals surface area contributed by atoms with Crippen LogP contribution in [0.4, 0.5) is 0 Å². The average molecular weight is 594 g/mol. The van der Waals surface area contributed by atoms with Crippen molar-refractivity contribution in [1.82, 2.24) is 19.4 Å². The van der Waals surface area contributed by atoms with Crippen LogP contribution in [0.25, 0.3) is 22.0 Å². The fourth-order valence-electron chi connectivity index (χ4n) is 5.86. The summed E-state index contributed by atoms with van der Waals surface area (Å²) in [7, 11) is 3.80. The van der Waals surface area contributed by atoms with E-state index in [0.717, 1.165) is 44.4 Å². The lowest BCUT2D eigenvalue weighted by molar-refractivity contribution is 0.397. The molecular formula is C35H30Cl2N4O. The SMILES string of the molecule is C[C@@H](N[C@@](c1ccc(Cl)cc1)(c1ccc2c(c1)c(-c1cccc(Cl)c1)cc(=O)n2C)c1cncn1C)c1ccccc1. The lowest BCUT2D eigenvalue weighted by Crippen LogP contribution is -2.47. The Morgan fingerprint density at radius 3 is 2.24 bits per heavy atom. The topological polar surface area (TPSA) is 51.9 Å². The molecule has 0 spiro atoms. The van der Waals surface area contributed by atoms with Crippen LogP contribution in [0.15, 0.2) is 120 Å². The lowest BCUT2D eigenvalue weighted by atomic mass is 9.78. The van der Waals surface area contributed by atoms with Crippen LogP contribution in [0.1, 0.15) is 35.3 Å². The van der Waals surface area contributed by atoms with E-state index in [9.17, 15) is 4.79 Å². The van der Waals surface area contributed by atoms with Gasteiger partial charge >= 0.3 is 0 Å². The molecule has 42 heavy (non-hydrogen) atoms. The minimum Gasteiger partial charge on any atom is -0.335 e. The molecule has 4 aromatic carbocycles. The van der Waals surface area contributed by atoms with Crippen molar-refractivity contribution in [2.24, 2.45) is 14.1 Å². The summed E-state index contributed by atoms with van der Waals surface area (Å²) in [4.78, 5) is 17.6. The van der Waals surface area contributed by atoms with Gasteiger partial charge in [-0.2, -0.15) is 0 Å². The molecule has 7 heteroatoms. The number of nitrogens with zero attached hydrogens (tertiary/aromatic N) is 3. The van der Waals surface area contributed by atoms with E-state index in [4.69, 9.17) is 23.2 Å². The highest BCUT2D eigenvalue weighted by Gasteiger charge is 2.40. The van der Waals surface area contributed by atoms with Gasteiger partial charge in [0.1, 0.15) is 5.54 Å². The Hall–Kier alpha value is -4.16. The fraction of sp³-hybridized carbons (Fsp3) is 0.143. The van der Waals surface area contributed by atoms with Gasteiger partial charge in [-0.3, -0.25) is 10.1 Å². The second kappa shape index (κ2) is 11.3. The summed E-state index contributed by atoms with van der Waals surface area (Å²) in [6.45, 7) is 2.17. The molecule has 2 aromatic heterocycles. The number of pyridine rings is 1.